The Morgan fingerprint density at radius 2 is 2.24 bits per heavy atom. The molecule has 0 aromatic carbocycles. The Labute approximate surface area is 125 Å². The van der Waals surface area contributed by atoms with Gasteiger partial charge in [-0.1, -0.05) is 5.16 Å². The van der Waals surface area contributed by atoms with Crippen LogP contribution in [0.15, 0.2) is 23.0 Å². The molecule has 21 heavy (non-hydrogen) atoms. The van der Waals surface area contributed by atoms with E-state index in [1.165, 1.54) is 6.33 Å². The number of halogens is 1. The Kier molecular flexibility index (Phi) is 3.74. The number of imidazole rings is 1. The zero-order valence-corrected chi connectivity index (χ0v) is 12.4. The standard InChI is InChI=1S/C13H14ClN5O2/c1-8(14)12-17-9-3-4-11(20-2)18-13(9)19(12)6-5-10-15-7-16-21-10/h3-4,7-8H,5-6H2,1-2H3. The number of nitrogens with zero attached hydrogens (tertiary/aromatic N) is 5. The van der Waals surface area contributed by atoms with Crippen molar-refractivity contribution < 1.29 is 9.26 Å². The lowest BCUT2D eigenvalue weighted by Crippen LogP contribution is -2.08. The Morgan fingerprint density at radius 3 is 2.90 bits per heavy atom. The first-order valence-corrected chi connectivity index (χ1v) is 6.93. The van der Waals surface area contributed by atoms with Crippen molar-refractivity contribution in [1.82, 2.24) is 24.7 Å². The summed E-state index contributed by atoms with van der Waals surface area (Å²) in [5.74, 6) is 1.86. The lowest BCUT2D eigenvalue weighted by molar-refractivity contribution is 0.370. The van der Waals surface area contributed by atoms with Gasteiger partial charge in [0, 0.05) is 19.0 Å². The van der Waals surface area contributed by atoms with Gasteiger partial charge in [0.15, 0.2) is 12.0 Å². The molecular weight excluding hydrogens is 294 g/mol. The van der Waals surface area contributed by atoms with Gasteiger partial charge >= 0.3 is 0 Å². The number of rotatable bonds is 5. The number of hydrogen-bond acceptors (Lipinski definition) is 6. The van der Waals surface area contributed by atoms with Gasteiger partial charge in [0.2, 0.25) is 11.8 Å². The van der Waals surface area contributed by atoms with E-state index in [1.54, 1.807) is 13.2 Å². The van der Waals surface area contributed by atoms with Crippen LogP contribution in [0.2, 0.25) is 0 Å². The van der Waals surface area contributed by atoms with Crippen LogP contribution >= 0.6 is 11.6 Å². The molecule has 0 amide bonds. The molecule has 0 aliphatic rings. The molecule has 3 aromatic rings. The second kappa shape index (κ2) is 5.69. The van der Waals surface area contributed by atoms with Gasteiger partial charge < -0.3 is 13.8 Å². The zero-order chi connectivity index (χ0) is 14.8. The number of aromatic nitrogens is 5. The fraction of sp³-hybridized carbons (Fsp3) is 0.385. The number of fused-ring (bicyclic) bond motifs is 1. The van der Waals surface area contributed by atoms with Gasteiger partial charge in [-0.05, 0) is 13.0 Å². The van der Waals surface area contributed by atoms with Crippen LogP contribution in [-0.2, 0) is 13.0 Å². The van der Waals surface area contributed by atoms with Gasteiger partial charge in [-0.3, -0.25) is 0 Å². The fourth-order valence-electron chi connectivity index (χ4n) is 2.15. The summed E-state index contributed by atoms with van der Waals surface area (Å²) in [5, 5.41) is 3.37. The third kappa shape index (κ3) is 2.69. The normalized spacial score (nSPS) is 12.7. The maximum absolute atomic E-state index is 6.22. The minimum Gasteiger partial charge on any atom is -0.481 e. The average Bonchev–Trinajstić information content (AvgIpc) is 3.11. The fourth-order valence-corrected chi connectivity index (χ4v) is 2.32. The lowest BCUT2D eigenvalue weighted by atomic mass is 10.3. The largest absolute Gasteiger partial charge is 0.481 e. The molecule has 0 fully saturated rings. The summed E-state index contributed by atoms with van der Waals surface area (Å²) in [6.07, 6.45) is 1.97. The highest BCUT2D eigenvalue weighted by Crippen LogP contribution is 2.25. The van der Waals surface area contributed by atoms with Crippen molar-refractivity contribution in [3.8, 4) is 5.88 Å². The molecule has 3 aromatic heterocycles. The van der Waals surface area contributed by atoms with Gasteiger partial charge in [0.05, 0.1) is 12.5 Å². The van der Waals surface area contributed by atoms with Gasteiger partial charge in [-0.15, -0.1) is 11.6 Å². The maximum atomic E-state index is 6.22. The second-order valence-corrected chi connectivity index (χ2v) is 5.17. The van der Waals surface area contributed by atoms with Crippen LogP contribution in [0.25, 0.3) is 11.2 Å². The highest BCUT2D eigenvalue weighted by molar-refractivity contribution is 6.20. The summed E-state index contributed by atoms with van der Waals surface area (Å²) in [7, 11) is 1.58. The van der Waals surface area contributed by atoms with Crippen molar-refractivity contribution in [1.29, 1.82) is 0 Å². The summed E-state index contributed by atoms with van der Waals surface area (Å²) in [4.78, 5) is 13.0. The third-order valence-corrected chi connectivity index (χ3v) is 3.31. The van der Waals surface area contributed by atoms with Crippen LogP contribution in [0.4, 0.5) is 0 Å². The van der Waals surface area contributed by atoms with E-state index in [0.717, 1.165) is 17.0 Å². The maximum Gasteiger partial charge on any atom is 0.228 e. The van der Waals surface area contributed by atoms with E-state index in [1.807, 2.05) is 17.6 Å². The molecule has 110 valence electrons. The predicted octanol–water partition coefficient (Wildman–Crippen LogP) is 2.37. The van der Waals surface area contributed by atoms with Gasteiger partial charge in [0.25, 0.3) is 0 Å². The third-order valence-electron chi connectivity index (χ3n) is 3.12. The van der Waals surface area contributed by atoms with Crippen LogP contribution in [0.5, 0.6) is 5.88 Å². The summed E-state index contributed by atoms with van der Waals surface area (Å²) in [6.45, 7) is 2.48. The van der Waals surface area contributed by atoms with Crippen LogP contribution in [0.1, 0.15) is 24.0 Å². The highest BCUT2D eigenvalue weighted by Gasteiger charge is 2.17. The molecule has 1 unspecified atom stereocenters. The molecule has 1 atom stereocenters. The van der Waals surface area contributed by atoms with Gasteiger partial charge in [0.1, 0.15) is 11.3 Å². The Morgan fingerprint density at radius 1 is 1.38 bits per heavy atom. The minimum absolute atomic E-state index is 0.229. The van der Waals surface area contributed by atoms with Crippen molar-refractivity contribution in [2.24, 2.45) is 0 Å². The van der Waals surface area contributed by atoms with Gasteiger partial charge in [-0.2, -0.15) is 9.97 Å². The highest BCUT2D eigenvalue weighted by atomic mass is 35.5. The van der Waals surface area contributed by atoms with Gasteiger partial charge in [-0.25, -0.2) is 4.98 Å². The van der Waals surface area contributed by atoms with Crippen LogP contribution in [-0.4, -0.2) is 31.8 Å². The van der Waals surface area contributed by atoms with Crippen LogP contribution in [0.3, 0.4) is 0 Å². The summed E-state index contributed by atoms with van der Waals surface area (Å²) in [5.41, 5.74) is 1.51. The van der Waals surface area contributed by atoms with Crippen molar-refractivity contribution in [2.45, 2.75) is 25.3 Å². The monoisotopic (exact) mass is 307 g/mol. The molecule has 0 aliphatic heterocycles. The quantitative estimate of drug-likeness (QED) is 0.673. The number of hydrogen-bond donors (Lipinski definition) is 0. The molecule has 7 nitrogen and oxygen atoms in total. The van der Waals surface area contributed by atoms with E-state index in [4.69, 9.17) is 20.9 Å². The smallest absolute Gasteiger partial charge is 0.228 e. The van der Waals surface area contributed by atoms with Crippen molar-refractivity contribution in [2.75, 3.05) is 7.11 Å². The Balaban J connectivity index is 2.01. The molecular formula is C13H14ClN5O2. The topological polar surface area (TPSA) is 78.9 Å². The van der Waals surface area contributed by atoms with E-state index in [2.05, 4.69) is 20.1 Å². The SMILES string of the molecule is COc1ccc2nc(C(C)Cl)n(CCc3ncno3)c2n1. The minimum atomic E-state index is -0.229. The summed E-state index contributed by atoms with van der Waals surface area (Å²) in [6, 6.07) is 3.65. The Hall–Kier alpha value is -2.15. The molecule has 0 saturated heterocycles. The van der Waals surface area contributed by atoms with Crippen molar-refractivity contribution >= 4 is 22.8 Å². The van der Waals surface area contributed by atoms with Crippen LogP contribution in [0, 0.1) is 0 Å². The van der Waals surface area contributed by atoms with Crippen molar-refractivity contribution in [3.63, 3.8) is 0 Å². The number of alkyl halides is 1. The van der Waals surface area contributed by atoms with Crippen molar-refractivity contribution in [3.05, 3.63) is 30.2 Å². The molecule has 0 saturated carbocycles. The molecule has 3 heterocycles. The molecule has 3 rings (SSSR count). The first kappa shape index (κ1) is 13.8. The van der Waals surface area contributed by atoms with E-state index in [0.29, 0.717) is 24.7 Å². The number of aryl methyl sites for hydroxylation is 2. The van der Waals surface area contributed by atoms with E-state index < -0.39 is 0 Å². The molecule has 0 spiro atoms. The van der Waals surface area contributed by atoms with E-state index in [-0.39, 0.29) is 5.38 Å². The zero-order valence-electron chi connectivity index (χ0n) is 11.7. The molecule has 0 N–H and O–H groups in total. The predicted molar refractivity (Wildman–Crippen MR) is 76.4 cm³/mol. The summed E-state index contributed by atoms with van der Waals surface area (Å²) >= 11 is 6.22. The van der Waals surface area contributed by atoms with E-state index in [9.17, 15) is 0 Å². The average molecular weight is 308 g/mol. The van der Waals surface area contributed by atoms with Crippen LogP contribution < -0.4 is 4.74 Å². The molecule has 0 radical (unpaired) electrons. The summed E-state index contributed by atoms with van der Waals surface area (Å²) < 4.78 is 12.1. The number of ether oxygens (including phenoxy) is 1. The number of pyridine rings is 1. The lowest BCUT2D eigenvalue weighted by Gasteiger charge is -2.08. The Bertz CT molecular complexity index is 738. The molecule has 0 bridgehead atoms. The van der Waals surface area contributed by atoms with E-state index >= 15 is 0 Å². The first-order chi connectivity index (χ1) is 10.2. The molecule has 0 aliphatic carbocycles. The first-order valence-electron chi connectivity index (χ1n) is 6.50. The second-order valence-electron chi connectivity index (χ2n) is 4.52. The number of methoxy groups -OCH3 is 1. The molecule has 8 heteroatoms.